The van der Waals surface area contributed by atoms with Gasteiger partial charge in [-0.25, -0.2) is 0 Å². The molecule has 5 nitrogen and oxygen atoms in total. The zero-order valence-corrected chi connectivity index (χ0v) is 11.3. The molecule has 0 saturated heterocycles. The van der Waals surface area contributed by atoms with Crippen LogP contribution in [-0.2, 0) is 0 Å². The highest BCUT2D eigenvalue weighted by Gasteiger charge is 2.17. The summed E-state index contributed by atoms with van der Waals surface area (Å²) in [7, 11) is 2.98. The van der Waals surface area contributed by atoms with Gasteiger partial charge < -0.3 is 20.9 Å². The monoisotopic (exact) mass is 272 g/mol. The van der Waals surface area contributed by atoms with E-state index in [9.17, 15) is 4.79 Å². The predicted molar refractivity (Wildman–Crippen MR) is 78.2 cm³/mol. The van der Waals surface area contributed by atoms with Gasteiger partial charge in [-0.1, -0.05) is 0 Å². The number of ether oxygens (including phenoxy) is 2. The SMILES string of the molecule is COc1cc(C(=O)c2ccc(N)cc2)c(OC)cc1N. The second-order valence-electron chi connectivity index (χ2n) is 4.25. The summed E-state index contributed by atoms with van der Waals surface area (Å²) >= 11 is 0. The normalized spacial score (nSPS) is 10.1. The zero-order valence-electron chi connectivity index (χ0n) is 11.3. The van der Waals surface area contributed by atoms with Crippen molar-refractivity contribution < 1.29 is 14.3 Å². The van der Waals surface area contributed by atoms with Crippen LogP contribution in [0.1, 0.15) is 15.9 Å². The summed E-state index contributed by atoms with van der Waals surface area (Å²) in [4.78, 5) is 12.5. The second kappa shape index (κ2) is 5.52. The molecule has 0 heterocycles. The minimum atomic E-state index is -0.180. The van der Waals surface area contributed by atoms with E-state index in [1.807, 2.05) is 0 Å². The quantitative estimate of drug-likeness (QED) is 0.657. The summed E-state index contributed by atoms with van der Waals surface area (Å²) in [5.74, 6) is 0.662. The average Bonchev–Trinajstić information content (AvgIpc) is 2.47. The molecule has 0 aliphatic heterocycles. The molecule has 0 atom stereocenters. The van der Waals surface area contributed by atoms with Gasteiger partial charge in [0.25, 0.3) is 0 Å². The Kier molecular flexibility index (Phi) is 3.79. The minimum absolute atomic E-state index is 0.180. The molecule has 0 aliphatic rings. The van der Waals surface area contributed by atoms with Gasteiger partial charge in [0.05, 0.1) is 25.5 Å². The van der Waals surface area contributed by atoms with Gasteiger partial charge >= 0.3 is 0 Å². The molecule has 0 fully saturated rings. The Morgan fingerprint density at radius 1 is 0.950 bits per heavy atom. The van der Waals surface area contributed by atoms with Crippen LogP contribution in [0.15, 0.2) is 36.4 Å². The Hall–Kier alpha value is -2.69. The van der Waals surface area contributed by atoms with Gasteiger partial charge in [-0.05, 0) is 30.3 Å². The predicted octanol–water partition coefficient (Wildman–Crippen LogP) is 2.10. The van der Waals surface area contributed by atoms with Gasteiger partial charge in [-0.15, -0.1) is 0 Å². The molecule has 0 bridgehead atoms. The lowest BCUT2D eigenvalue weighted by molar-refractivity contribution is 0.103. The lowest BCUT2D eigenvalue weighted by Crippen LogP contribution is -2.06. The van der Waals surface area contributed by atoms with Crippen molar-refractivity contribution in [2.45, 2.75) is 0 Å². The molecule has 2 aromatic carbocycles. The maximum absolute atomic E-state index is 12.5. The van der Waals surface area contributed by atoms with Crippen LogP contribution in [0.4, 0.5) is 11.4 Å². The number of ketones is 1. The first-order chi connectivity index (χ1) is 9.56. The molecule has 0 amide bonds. The van der Waals surface area contributed by atoms with Crippen LogP contribution in [0.3, 0.4) is 0 Å². The molecule has 4 N–H and O–H groups in total. The first-order valence-corrected chi connectivity index (χ1v) is 5.98. The molecule has 0 aromatic heterocycles. The molecule has 104 valence electrons. The van der Waals surface area contributed by atoms with Crippen LogP contribution in [-0.4, -0.2) is 20.0 Å². The minimum Gasteiger partial charge on any atom is -0.496 e. The van der Waals surface area contributed by atoms with Crippen LogP contribution in [0.5, 0.6) is 11.5 Å². The fraction of sp³-hybridized carbons (Fsp3) is 0.133. The summed E-state index contributed by atoms with van der Waals surface area (Å²) in [5, 5.41) is 0. The van der Waals surface area contributed by atoms with E-state index < -0.39 is 0 Å². The van der Waals surface area contributed by atoms with Crippen molar-refractivity contribution >= 4 is 17.2 Å². The van der Waals surface area contributed by atoms with E-state index >= 15 is 0 Å². The molecule has 0 aliphatic carbocycles. The van der Waals surface area contributed by atoms with E-state index in [4.69, 9.17) is 20.9 Å². The molecular formula is C15H16N2O3. The van der Waals surface area contributed by atoms with E-state index in [0.29, 0.717) is 34.0 Å². The van der Waals surface area contributed by atoms with Gasteiger partial charge in [0.2, 0.25) is 0 Å². The standard InChI is InChI=1S/C15H16N2O3/c1-19-13-8-12(17)14(20-2)7-11(13)15(18)9-3-5-10(16)6-4-9/h3-8H,16-17H2,1-2H3. The third-order valence-corrected chi connectivity index (χ3v) is 2.97. The molecule has 20 heavy (non-hydrogen) atoms. The van der Waals surface area contributed by atoms with Crippen molar-refractivity contribution in [1.82, 2.24) is 0 Å². The number of anilines is 2. The number of methoxy groups -OCH3 is 2. The summed E-state index contributed by atoms with van der Waals surface area (Å²) in [6.07, 6.45) is 0. The van der Waals surface area contributed by atoms with Gasteiger partial charge in [0, 0.05) is 17.3 Å². The van der Waals surface area contributed by atoms with E-state index in [-0.39, 0.29) is 5.78 Å². The number of carbonyl (C=O) groups excluding carboxylic acids is 1. The maximum atomic E-state index is 12.5. The first-order valence-electron chi connectivity index (χ1n) is 5.98. The summed E-state index contributed by atoms with van der Waals surface area (Å²) in [5.41, 5.74) is 13.3. The molecule has 0 spiro atoms. The molecule has 2 rings (SSSR count). The Bertz CT molecular complexity index is 636. The average molecular weight is 272 g/mol. The van der Waals surface area contributed by atoms with Crippen LogP contribution in [0, 0.1) is 0 Å². The van der Waals surface area contributed by atoms with Gasteiger partial charge in [-0.2, -0.15) is 0 Å². The van der Waals surface area contributed by atoms with Crippen LogP contribution in [0.2, 0.25) is 0 Å². The number of carbonyl (C=O) groups is 1. The highest BCUT2D eigenvalue weighted by atomic mass is 16.5. The largest absolute Gasteiger partial charge is 0.496 e. The first kappa shape index (κ1) is 13.7. The lowest BCUT2D eigenvalue weighted by Gasteiger charge is -2.12. The topological polar surface area (TPSA) is 87.6 Å². The Labute approximate surface area is 117 Å². The van der Waals surface area contributed by atoms with Gasteiger partial charge in [0.1, 0.15) is 11.5 Å². The fourth-order valence-electron chi connectivity index (χ4n) is 1.89. The van der Waals surface area contributed by atoms with Crippen molar-refractivity contribution in [3.63, 3.8) is 0 Å². The number of nitrogens with two attached hydrogens (primary N) is 2. The van der Waals surface area contributed by atoms with Crippen molar-refractivity contribution in [2.24, 2.45) is 0 Å². The third-order valence-electron chi connectivity index (χ3n) is 2.97. The van der Waals surface area contributed by atoms with Crippen molar-refractivity contribution in [3.05, 3.63) is 47.5 Å². The third kappa shape index (κ3) is 2.51. The Morgan fingerprint density at radius 3 is 2.10 bits per heavy atom. The molecule has 0 radical (unpaired) electrons. The van der Waals surface area contributed by atoms with Crippen molar-refractivity contribution in [1.29, 1.82) is 0 Å². The smallest absolute Gasteiger partial charge is 0.196 e. The highest BCUT2D eigenvalue weighted by Crippen LogP contribution is 2.32. The van der Waals surface area contributed by atoms with E-state index in [0.717, 1.165) is 0 Å². The molecule has 5 heteroatoms. The second-order valence-corrected chi connectivity index (χ2v) is 4.25. The number of rotatable bonds is 4. The number of benzene rings is 2. The van der Waals surface area contributed by atoms with Crippen LogP contribution < -0.4 is 20.9 Å². The summed E-state index contributed by atoms with van der Waals surface area (Å²) in [6, 6.07) is 9.83. The van der Waals surface area contributed by atoms with E-state index in [1.54, 1.807) is 36.4 Å². The van der Waals surface area contributed by atoms with Crippen LogP contribution in [0.25, 0.3) is 0 Å². The van der Waals surface area contributed by atoms with E-state index in [1.165, 1.54) is 14.2 Å². The summed E-state index contributed by atoms with van der Waals surface area (Å²) in [6.45, 7) is 0. The lowest BCUT2D eigenvalue weighted by atomic mass is 10.0. The van der Waals surface area contributed by atoms with Crippen molar-refractivity contribution in [3.8, 4) is 11.5 Å². The molecular weight excluding hydrogens is 256 g/mol. The number of hydrogen-bond acceptors (Lipinski definition) is 5. The number of hydrogen-bond donors (Lipinski definition) is 2. The Balaban J connectivity index is 2.50. The fourth-order valence-corrected chi connectivity index (χ4v) is 1.89. The Morgan fingerprint density at radius 2 is 1.55 bits per heavy atom. The van der Waals surface area contributed by atoms with Gasteiger partial charge in [-0.3, -0.25) is 4.79 Å². The van der Waals surface area contributed by atoms with Crippen molar-refractivity contribution in [2.75, 3.05) is 25.7 Å². The number of nitrogen functional groups attached to an aromatic ring is 2. The van der Waals surface area contributed by atoms with Gasteiger partial charge in [0.15, 0.2) is 5.78 Å². The zero-order chi connectivity index (χ0) is 14.7. The molecule has 0 saturated carbocycles. The highest BCUT2D eigenvalue weighted by molar-refractivity contribution is 6.11. The molecule has 2 aromatic rings. The molecule has 0 unspecified atom stereocenters. The van der Waals surface area contributed by atoms with Crippen LogP contribution >= 0.6 is 0 Å². The maximum Gasteiger partial charge on any atom is 0.196 e. The summed E-state index contributed by atoms with van der Waals surface area (Å²) < 4.78 is 10.3. The van der Waals surface area contributed by atoms with E-state index in [2.05, 4.69) is 0 Å².